The van der Waals surface area contributed by atoms with E-state index in [1.165, 1.54) is 24.3 Å². The first-order chi connectivity index (χ1) is 9.56. The Morgan fingerprint density at radius 2 is 2.05 bits per heavy atom. The van der Waals surface area contributed by atoms with Crippen LogP contribution in [0.25, 0.3) is 0 Å². The van der Waals surface area contributed by atoms with E-state index < -0.39 is 12.7 Å². The SMILES string of the molecule is Cl.O=C(NCC1CNCC1O)c1ccc(OC(F)F)cc1. The number of carbonyl (C=O) groups excluding carboxylic acids is 1. The maximum Gasteiger partial charge on any atom is 0.387 e. The maximum atomic E-state index is 12.0. The number of benzene rings is 1. The lowest BCUT2D eigenvalue weighted by Gasteiger charge is -2.14. The molecule has 3 N–H and O–H groups in total. The molecule has 1 heterocycles. The largest absolute Gasteiger partial charge is 0.435 e. The van der Waals surface area contributed by atoms with Crippen molar-refractivity contribution >= 4 is 18.3 Å². The van der Waals surface area contributed by atoms with Gasteiger partial charge in [-0.2, -0.15) is 8.78 Å². The lowest BCUT2D eigenvalue weighted by Crippen LogP contribution is -2.34. The topological polar surface area (TPSA) is 70.6 Å². The van der Waals surface area contributed by atoms with Crippen molar-refractivity contribution in [1.29, 1.82) is 0 Å². The van der Waals surface area contributed by atoms with E-state index in [4.69, 9.17) is 0 Å². The van der Waals surface area contributed by atoms with Crippen LogP contribution in [-0.4, -0.2) is 43.4 Å². The zero-order valence-corrected chi connectivity index (χ0v) is 11.9. The number of nitrogens with one attached hydrogen (secondary N) is 2. The number of amides is 1. The number of hydrogen-bond acceptors (Lipinski definition) is 4. The summed E-state index contributed by atoms with van der Waals surface area (Å²) in [6.07, 6.45) is -0.461. The number of β-amino-alcohol motifs (C(OH)–C–C–N with tert-alkyl or cyclic N) is 1. The van der Waals surface area contributed by atoms with Gasteiger partial charge in [-0.25, -0.2) is 0 Å². The first-order valence-corrected chi connectivity index (χ1v) is 6.28. The molecule has 0 radical (unpaired) electrons. The molecule has 1 aliphatic rings. The van der Waals surface area contributed by atoms with E-state index in [0.717, 1.165) is 0 Å². The van der Waals surface area contributed by atoms with Gasteiger partial charge in [-0.1, -0.05) is 0 Å². The molecule has 5 nitrogen and oxygen atoms in total. The molecule has 2 rings (SSSR count). The molecule has 1 aromatic carbocycles. The van der Waals surface area contributed by atoms with Gasteiger partial charge < -0.3 is 20.5 Å². The van der Waals surface area contributed by atoms with Gasteiger partial charge in [-0.15, -0.1) is 12.4 Å². The molecule has 2 atom stereocenters. The minimum absolute atomic E-state index is 0. The van der Waals surface area contributed by atoms with Crippen molar-refractivity contribution in [3.63, 3.8) is 0 Å². The average molecular weight is 323 g/mol. The summed E-state index contributed by atoms with van der Waals surface area (Å²) in [5.41, 5.74) is 0.354. The Kier molecular flexibility index (Phi) is 6.80. The van der Waals surface area contributed by atoms with Gasteiger partial charge >= 0.3 is 6.61 Å². The van der Waals surface area contributed by atoms with Crippen LogP contribution in [0.1, 0.15) is 10.4 Å². The molecule has 0 aromatic heterocycles. The van der Waals surface area contributed by atoms with Crippen molar-refractivity contribution in [2.24, 2.45) is 5.92 Å². The molecular weight excluding hydrogens is 306 g/mol. The molecule has 1 aliphatic heterocycles. The normalized spacial score (nSPS) is 21.0. The second-order valence-electron chi connectivity index (χ2n) is 4.60. The van der Waals surface area contributed by atoms with E-state index in [2.05, 4.69) is 15.4 Å². The molecule has 118 valence electrons. The van der Waals surface area contributed by atoms with Crippen molar-refractivity contribution in [3.8, 4) is 5.75 Å². The lowest BCUT2D eigenvalue weighted by atomic mass is 10.1. The van der Waals surface area contributed by atoms with Crippen molar-refractivity contribution in [2.75, 3.05) is 19.6 Å². The Hall–Kier alpha value is -1.44. The minimum Gasteiger partial charge on any atom is -0.435 e. The zero-order chi connectivity index (χ0) is 14.5. The molecule has 0 aliphatic carbocycles. The van der Waals surface area contributed by atoms with Crippen LogP contribution in [-0.2, 0) is 0 Å². The number of hydrogen-bond donors (Lipinski definition) is 3. The molecule has 1 saturated heterocycles. The van der Waals surface area contributed by atoms with Crippen LogP contribution >= 0.6 is 12.4 Å². The third-order valence-electron chi connectivity index (χ3n) is 3.17. The summed E-state index contributed by atoms with van der Waals surface area (Å²) in [4.78, 5) is 11.8. The molecule has 0 saturated carbocycles. The summed E-state index contributed by atoms with van der Waals surface area (Å²) >= 11 is 0. The van der Waals surface area contributed by atoms with E-state index in [1.54, 1.807) is 0 Å². The van der Waals surface area contributed by atoms with E-state index in [-0.39, 0.29) is 30.0 Å². The molecule has 21 heavy (non-hydrogen) atoms. The van der Waals surface area contributed by atoms with Crippen LogP contribution in [0.2, 0.25) is 0 Å². The molecule has 1 aromatic rings. The summed E-state index contributed by atoms with van der Waals surface area (Å²) in [7, 11) is 0. The number of aliphatic hydroxyl groups is 1. The van der Waals surface area contributed by atoms with E-state index in [1.807, 2.05) is 0 Å². The Balaban J connectivity index is 0.00000220. The smallest absolute Gasteiger partial charge is 0.387 e. The highest BCUT2D eigenvalue weighted by molar-refractivity contribution is 5.94. The van der Waals surface area contributed by atoms with Gasteiger partial charge in [0.15, 0.2) is 0 Å². The highest BCUT2D eigenvalue weighted by Gasteiger charge is 2.25. The van der Waals surface area contributed by atoms with Crippen molar-refractivity contribution < 1.29 is 23.4 Å². The molecule has 1 fully saturated rings. The fourth-order valence-electron chi connectivity index (χ4n) is 2.04. The number of rotatable bonds is 5. The van der Waals surface area contributed by atoms with Crippen LogP contribution in [0.5, 0.6) is 5.75 Å². The predicted octanol–water partition coefficient (Wildman–Crippen LogP) is 1.02. The average Bonchev–Trinajstić information content (AvgIpc) is 2.82. The van der Waals surface area contributed by atoms with E-state index >= 15 is 0 Å². The number of halogens is 3. The monoisotopic (exact) mass is 322 g/mol. The number of carbonyl (C=O) groups is 1. The Bertz CT molecular complexity index is 459. The fourth-order valence-corrected chi connectivity index (χ4v) is 2.04. The lowest BCUT2D eigenvalue weighted by molar-refractivity contribution is -0.0498. The number of alkyl halides is 2. The Morgan fingerprint density at radius 3 is 2.57 bits per heavy atom. The van der Waals surface area contributed by atoms with Gasteiger partial charge in [-0.05, 0) is 24.3 Å². The molecule has 1 amide bonds. The highest BCUT2D eigenvalue weighted by Crippen LogP contribution is 2.15. The summed E-state index contributed by atoms with van der Waals surface area (Å²) < 4.78 is 28.2. The summed E-state index contributed by atoms with van der Waals surface area (Å²) in [5, 5.41) is 15.3. The van der Waals surface area contributed by atoms with E-state index in [9.17, 15) is 18.7 Å². The first kappa shape index (κ1) is 17.6. The minimum atomic E-state index is -2.88. The van der Waals surface area contributed by atoms with Crippen LogP contribution < -0.4 is 15.4 Å². The standard InChI is InChI=1S/C13H16F2N2O3.ClH/c14-13(15)20-10-3-1-8(2-4-10)12(19)17-6-9-5-16-7-11(9)18;/h1-4,9,11,13,16,18H,5-7H2,(H,17,19);1H. The Labute approximate surface area is 127 Å². The van der Waals surface area contributed by atoms with Crippen LogP contribution in [0.15, 0.2) is 24.3 Å². The molecule has 8 heteroatoms. The van der Waals surface area contributed by atoms with Crippen LogP contribution in [0.3, 0.4) is 0 Å². The quantitative estimate of drug-likeness (QED) is 0.757. The first-order valence-electron chi connectivity index (χ1n) is 6.28. The van der Waals surface area contributed by atoms with E-state index in [0.29, 0.717) is 25.2 Å². The molecule has 2 unspecified atom stereocenters. The van der Waals surface area contributed by atoms with Crippen molar-refractivity contribution in [2.45, 2.75) is 12.7 Å². The summed E-state index contributed by atoms with van der Waals surface area (Å²) in [5.74, 6) is -0.319. The van der Waals surface area contributed by atoms with Crippen LogP contribution in [0, 0.1) is 5.92 Å². The highest BCUT2D eigenvalue weighted by atomic mass is 35.5. The van der Waals surface area contributed by atoms with Crippen LogP contribution in [0.4, 0.5) is 8.78 Å². The third kappa shape index (κ3) is 5.11. The van der Waals surface area contributed by atoms with Gasteiger partial charge in [0.1, 0.15) is 5.75 Å². The second-order valence-corrected chi connectivity index (χ2v) is 4.60. The van der Waals surface area contributed by atoms with Gasteiger partial charge in [0.05, 0.1) is 6.10 Å². The summed E-state index contributed by atoms with van der Waals surface area (Å²) in [6, 6.07) is 5.45. The van der Waals surface area contributed by atoms with Gasteiger partial charge in [0.2, 0.25) is 0 Å². The molecule has 0 spiro atoms. The van der Waals surface area contributed by atoms with Gasteiger partial charge in [0.25, 0.3) is 5.91 Å². The molecular formula is C13H17ClF2N2O3. The van der Waals surface area contributed by atoms with Gasteiger partial charge in [-0.3, -0.25) is 4.79 Å². The number of aliphatic hydroxyl groups excluding tert-OH is 1. The third-order valence-corrected chi connectivity index (χ3v) is 3.17. The Morgan fingerprint density at radius 1 is 1.38 bits per heavy atom. The molecule has 0 bridgehead atoms. The maximum absolute atomic E-state index is 12.0. The van der Waals surface area contributed by atoms with Crippen molar-refractivity contribution in [3.05, 3.63) is 29.8 Å². The summed E-state index contributed by atoms with van der Waals surface area (Å²) in [6.45, 7) is -1.34. The predicted molar refractivity (Wildman–Crippen MR) is 75.0 cm³/mol. The fraction of sp³-hybridized carbons (Fsp3) is 0.462. The second kappa shape index (κ2) is 8.11. The van der Waals surface area contributed by atoms with Crippen molar-refractivity contribution in [1.82, 2.24) is 10.6 Å². The van der Waals surface area contributed by atoms with Gasteiger partial charge in [0, 0.05) is 31.1 Å². The number of ether oxygens (including phenoxy) is 1. The zero-order valence-electron chi connectivity index (χ0n) is 11.1.